The molecule has 1 heterocycles. The summed E-state index contributed by atoms with van der Waals surface area (Å²) in [4.78, 5) is 16.8. The zero-order chi connectivity index (χ0) is 21.9. The Morgan fingerprint density at radius 2 is 1.90 bits per heavy atom. The quantitative estimate of drug-likeness (QED) is 0.502. The summed E-state index contributed by atoms with van der Waals surface area (Å²) in [6.07, 6.45) is 0.985. The summed E-state index contributed by atoms with van der Waals surface area (Å²) in [5.41, 5.74) is 0.877. The van der Waals surface area contributed by atoms with Crippen molar-refractivity contribution in [1.29, 1.82) is 0 Å². The lowest BCUT2D eigenvalue weighted by Gasteiger charge is -2.08. The van der Waals surface area contributed by atoms with E-state index in [0.29, 0.717) is 22.9 Å². The van der Waals surface area contributed by atoms with Gasteiger partial charge in [-0.15, -0.1) is 5.10 Å². The van der Waals surface area contributed by atoms with E-state index < -0.39 is 15.9 Å². The number of hydrogen-bond acceptors (Lipinski definition) is 7. The Balaban J connectivity index is 1.81. The van der Waals surface area contributed by atoms with Gasteiger partial charge in [0, 0.05) is 11.6 Å². The van der Waals surface area contributed by atoms with E-state index in [0.717, 1.165) is 6.26 Å². The molecule has 3 N–H and O–H groups in total. The first-order valence-electron chi connectivity index (χ1n) is 8.43. The third-order valence-electron chi connectivity index (χ3n) is 3.90. The van der Waals surface area contributed by atoms with Crippen LogP contribution in [0.25, 0.3) is 11.4 Å². The van der Waals surface area contributed by atoms with Crippen LogP contribution in [0.2, 0.25) is 5.02 Å². The number of hydrogen-bond donors (Lipinski definition) is 3. The first-order chi connectivity index (χ1) is 14.2. The highest BCUT2D eigenvalue weighted by Crippen LogP contribution is 2.31. The van der Waals surface area contributed by atoms with Crippen molar-refractivity contribution in [2.24, 2.45) is 0 Å². The molecule has 30 heavy (non-hydrogen) atoms. The number of aromatic amines is 1. The van der Waals surface area contributed by atoms with Gasteiger partial charge < -0.3 is 9.47 Å². The second kappa shape index (κ2) is 8.59. The highest BCUT2D eigenvalue weighted by molar-refractivity contribution is 7.92. The van der Waals surface area contributed by atoms with Crippen molar-refractivity contribution in [2.75, 3.05) is 30.5 Å². The number of anilines is 2. The Bertz CT molecular complexity index is 1200. The number of amides is 1. The van der Waals surface area contributed by atoms with Crippen molar-refractivity contribution >= 4 is 39.2 Å². The largest absolute Gasteiger partial charge is 0.497 e. The zero-order valence-corrected chi connectivity index (χ0v) is 17.8. The van der Waals surface area contributed by atoms with Crippen LogP contribution in [-0.2, 0) is 10.0 Å². The van der Waals surface area contributed by atoms with Gasteiger partial charge in [0.1, 0.15) is 11.5 Å². The number of carbonyl (C=O) groups excluding carboxylic acids is 1. The SMILES string of the molecule is COc1ccc(-c2nc(NC(=O)c3ccc(Cl)c(NS(C)(=O)=O)c3)n[nH]2)c(OC)c1. The molecule has 0 spiro atoms. The number of nitrogens with one attached hydrogen (secondary N) is 3. The van der Waals surface area contributed by atoms with E-state index in [2.05, 4.69) is 25.2 Å². The zero-order valence-electron chi connectivity index (χ0n) is 16.2. The summed E-state index contributed by atoms with van der Waals surface area (Å²) >= 11 is 5.98. The Hall–Kier alpha value is -3.31. The highest BCUT2D eigenvalue weighted by Gasteiger charge is 2.16. The Morgan fingerprint density at radius 1 is 1.13 bits per heavy atom. The summed E-state index contributed by atoms with van der Waals surface area (Å²) in [5.74, 6) is 0.985. The number of benzene rings is 2. The molecule has 0 aliphatic carbocycles. The fourth-order valence-electron chi connectivity index (χ4n) is 2.55. The van der Waals surface area contributed by atoms with Gasteiger partial charge >= 0.3 is 0 Å². The number of sulfonamides is 1. The second-order valence-electron chi connectivity index (χ2n) is 6.10. The van der Waals surface area contributed by atoms with Gasteiger partial charge in [-0.25, -0.2) is 8.42 Å². The molecule has 0 saturated heterocycles. The fourth-order valence-corrected chi connectivity index (χ4v) is 3.34. The minimum absolute atomic E-state index is 0.0282. The molecule has 158 valence electrons. The molecule has 10 nitrogen and oxygen atoms in total. The maximum absolute atomic E-state index is 12.5. The van der Waals surface area contributed by atoms with E-state index in [4.69, 9.17) is 21.1 Å². The van der Waals surface area contributed by atoms with Crippen molar-refractivity contribution in [3.63, 3.8) is 0 Å². The van der Waals surface area contributed by atoms with Crippen molar-refractivity contribution in [3.8, 4) is 22.9 Å². The summed E-state index contributed by atoms with van der Waals surface area (Å²) in [6, 6.07) is 9.36. The normalized spacial score (nSPS) is 11.1. The molecule has 0 atom stereocenters. The minimum atomic E-state index is -3.56. The van der Waals surface area contributed by atoms with Crippen molar-refractivity contribution in [2.45, 2.75) is 0 Å². The van der Waals surface area contributed by atoms with Gasteiger partial charge in [0.2, 0.25) is 16.0 Å². The lowest BCUT2D eigenvalue weighted by molar-refractivity contribution is 0.102. The molecule has 3 rings (SSSR count). The molecule has 12 heteroatoms. The van der Waals surface area contributed by atoms with Crippen LogP contribution in [0, 0.1) is 0 Å². The maximum atomic E-state index is 12.5. The molecule has 2 aromatic carbocycles. The number of nitrogens with zero attached hydrogens (tertiary/aromatic N) is 2. The summed E-state index contributed by atoms with van der Waals surface area (Å²) < 4.78 is 35.6. The number of H-pyrrole nitrogens is 1. The minimum Gasteiger partial charge on any atom is -0.497 e. The summed E-state index contributed by atoms with van der Waals surface area (Å²) in [6.45, 7) is 0. The first kappa shape index (κ1) is 21.4. The van der Waals surface area contributed by atoms with E-state index in [9.17, 15) is 13.2 Å². The number of methoxy groups -OCH3 is 2. The fraction of sp³-hybridized carbons (Fsp3) is 0.167. The molecule has 1 amide bonds. The molecule has 0 saturated carbocycles. The number of rotatable bonds is 7. The highest BCUT2D eigenvalue weighted by atomic mass is 35.5. The molecular formula is C18H18ClN5O5S. The molecule has 1 aromatic heterocycles. The predicted molar refractivity (Wildman–Crippen MR) is 113 cm³/mol. The van der Waals surface area contributed by atoms with Gasteiger partial charge in [-0.05, 0) is 30.3 Å². The van der Waals surface area contributed by atoms with Crippen LogP contribution in [0.15, 0.2) is 36.4 Å². The molecule has 0 bridgehead atoms. The molecule has 0 aliphatic rings. The predicted octanol–water partition coefficient (Wildman–Crippen LogP) is 2.77. The number of carbonyl (C=O) groups is 1. The monoisotopic (exact) mass is 451 g/mol. The lowest BCUT2D eigenvalue weighted by Crippen LogP contribution is -2.15. The average molecular weight is 452 g/mol. The van der Waals surface area contributed by atoms with Gasteiger partial charge in [-0.2, -0.15) is 4.98 Å². The van der Waals surface area contributed by atoms with Crippen molar-refractivity contribution in [1.82, 2.24) is 15.2 Å². The van der Waals surface area contributed by atoms with E-state index in [1.54, 1.807) is 25.3 Å². The summed E-state index contributed by atoms with van der Waals surface area (Å²) in [5, 5.41) is 9.41. The second-order valence-corrected chi connectivity index (χ2v) is 8.25. The third kappa shape index (κ3) is 4.99. The van der Waals surface area contributed by atoms with Gasteiger partial charge in [-0.1, -0.05) is 11.6 Å². The molecule has 0 fully saturated rings. The van der Waals surface area contributed by atoms with Crippen LogP contribution < -0.4 is 19.5 Å². The third-order valence-corrected chi connectivity index (χ3v) is 4.82. The van der Waals surface area contributed by atoms with Gasteiger partial charge in [0.15, 0.2) is 5.82 Å². The number of aromatic nitrogens is 3. The van der Waals surface area contributed by atoms with Gasteiger partial charge in [0.05, 0.1) is 36.7 Å². The Kier molecular flexibility index (Phi) is 6.13. The van der Waals surface area contributed by atoms with E-state index in [1.165, 1.54) is 25.3 Å². The topological polar surface area (TPSA) is 135 Å². The van der Waals surface area contributed by atoms with Crippen LogP contribution in [0.3, 0.4) is 0 Å². The Morgan fingerprint density at radius 3 is 2.57 bits per heavy atom. The number of halogens is 1. The van der Waals surface area contributed by atoms with Crippen LogP contribution >= 0.6 is 11.6 Å². The molecular weight excluding hydrogens is 434 g/mol. The van der Waals surface area contributed by atoms with Gasteiger partial charge in [-0.3, -0.25) is 19.9 Å². The van der Waals surface area contributed by atoms with Gasteiger partial charge in [0.25, 0.3) is 5.91 Å². The standard InChI is InChI=1S/C18H18ClN5O5S/c1-28-11-5-6-12(15(9-11)29-2)16-20-18(23-22-16)21-17(25)10-4-7-13(19)14(8-10)24-30(3,26)27/h4-9,24H,1-3H3,(H2,20,21,22,23,25). The van der Waals surface area contributed by atoms with Crippen LogP contribution in [0.5, 0.6) is 11.5 Å². The van der Waals surface area contributed by atoms with E-state index in [-0.39, 0.29) is 22.2 Å². The maximum Gasteiger partial charge on any atom is 0.258 e. The first-order valence-corrected chi connectivity index (χ1v) is 10.7. The Labute approximate surface area is 177 Å². The molecule has 0 radical (unpaired) electrons. The number of ether oxygens (including phenoxy) is 2. The van der Waals surface area contributed by atoms with Crippen molar-refractivity contribution in [3.05, 3.63) is 47.0 Å². The van der Waals surface area contributed by atoms with Crippen LogP contribution in [0.1, 0.15) is 10.4 Å². The van der Waals surface area contributed by atoms with Crippen LogP contribution in [-0.4, -0.2) is 50.0 Å². The lowest BCUT2D eigenvalue weighted by atomic mass is 10.2. The van der Waals surface area contributed by atoms with E-state index >= 15 is 0 Å². The summed E-state index contributed by atoms with van der Waals surface area (Å²) in [7, 11) is -0.497. The molecule has 0 aliphatic heterocycles. The molecule has 0 unspecified atom stereocenters. The molecule has 3 aromatic rings. The van der Waals surface area contributed by atoms with Crippen LogP contribution in [0.4, 0.5) is 11.6 Å². The smallest absolute Gasteiger partial charge is 0.258 e. The van der Waals surface area contributed by atoms with Crippen molar-refractivity contribution < 1.29 is 22.7 Å². The average Bonchev–Trinajstić information content (AvgIpc) is 3.16. The van der Waals surface area contributed by atoms with E-state index in [1.807, 2.05) is 0 Å².